The quantitative estimate of drug-likeness (QED) is 0.886. The van der Waals surface area contributed by atoms with Gasteiger partial charge in [0.05, 0.1) is 18.6 Å². The number of carbonyl (C=O) groups is 1. The summed E-state index contributed by atoms with van der Waals surface area (Å²) >= 11 is 0. The number of hydrogen-bond donors (Lipinski definition) is 1. The minimum atomic E-state index is -0.805. The van der Waals surface area contributed by atoms with Gasteiger partial charge in [-0.15, -0.1) is 0 Å². The summed E-state index contributed by atoms with van der Waals surface area (Å²) in [5.41, 5.74) is 7.08. The normalized spacial score (nSPS) is 16.0. The van der Waals surface area contributed by atoms with E-state index in [1.807, 2.05) is 60.7 Å². The summed E-state index contributed by atoms with van der Waals surface area (Å²) in [7, 11) is 0. The number of morpholine rings is 1. The highest BCUT2D eigenvalue weighted by Gasteiger charge is 2.40. The Balaban J connectivity index is 1.97. The van der Waals surface area contributed by atoms with Gasteiger partial charge in [0.1, 0.15) is 0 Å². The molecular formula is C20H24N2O2. The molecule has 1 aliphatic rings. The van der Waals surface area contributed by atoms with Gasteiger partial charge in [-0.2, -0.15) is 0 Å². The topological polar surface area (TPSA) is 55.6 Å². The molecule has 126 valence electrons. The van der Waals surface area contributed by atoms with Crippen molar-refractivity contribution in [2.75, 3.05) is 32.8 Å². The molecule has 2 aromatic carbocycles. The minimum absolute atomic E-state index is 0.298. The molecule has 24 heavy (non-hydrogen) atoms. The Morgan fingerprint density at radius 2 is 1.46 bits per heavy atom. The van der Waals surface area contributed by atoms with Gasteiger partial charge in [0.15, 0.2) is 0 Å². The van der Waals surface area contributed by atoms with Crippen molar-refractivity contribution in [2.24, 2.45) is 5.73 Å². The number of nitrogens with two attached hydrogens (primary N) is 1. The monoisotopic (exact) mass is 324 g/mol. The van der Waals surface area contributed by atoms with E-state index >= 15 is 0 Å². The highest BCUT2D eigenvalue weighted by molar-refractivity contribution is 5.90. The summed E-state index contributed by atoms with van der Waals surface area (Å²) in [6.07, 6.45) is 0.663. The number of ether oxygens (including phenoxy) is 1. The molecule has 0 spiro atoms. The zero-order valence-electron chi connectivity index (χ0n) is 13.9. The predicted molar refractivity (Wildman–Crippen MR) is 94.7 cm³/mol. The first kappa shape index (κ1) is 16.7. The van der Waals surface area contributed by atoms with E-state index < -0.39 is 5.41 Å². The molecule has 2 N–H and O–H groups in total. The summed E-state index contributed by atoms with van der Waals surface area (Å²) in [6, 6.07) is 19.8. The van der Waals surface area contributed by atoms with Crippen LogP contribution in [0.25, 0.3) is 0 Å². The van der Waals surface area contributed by atoms with Crippen molar-refractivity contribution in [1.29, 1.82) is 0 Å². The Hall–Kier alpha value is -2.17. The van der Waals surface area contributed by atoms with Gasteiger partial charge < -0.3 is 10.5 Å². The summed E-state index contributed by atoms with van der Waals surface area (Å²) in [5.74, 6) is -0.298. The molecule has 0 unspecified atom stereocenters. The lowest BCUT2D eigenvalue weighted by molar-refractivity contribution is -0.122. The van der Waals surface area contributed by atoms with E-state index in [1.165, 1.54) is 0 Å². The second-order valence-electron chi connectivity index (χ2n) is 6.21. The molecule has 0 aromatic heterocycles. The van der Waals surface area contributed by atoms with Crippen molar-refractivity contribution in [3.8, 4) is 0 Å². The third-order valence-electron chi connectivity index (χ3n) is 4.86. The molecule has 2 aromatic rings. The number of nitrogens with zero attached hydrogens (tertiary/aromatic N) is 1. The SMILES string of the molecule is NC(=O)C(CCN1CCOCC1)(c1ccccc1)c1ccccc1. The summed E-state index contributed by atoms with van der Waals surface area (Å²) in [4.78, 5) is 15.0. The maximum Gasteiger partial charge on any atom is 0.232 e. The number of primary amides is 1. The third kappa shape index (κ3) is 3.35. The van der Waals surface area contributed by atoms with Crippen LogP contribution >= 0.6 is 0 Å². The zero-order chi connectivity index (χ0) is 16.8. The standard InChI is InChI=1S/C20H24N2O2/c21-19(23)20(17-7-3-1-4-8-17,18-9-5-2-6-10-18)11-12-22-13-15-24-16-14-22/h1-10H,11-16H2,(H2,21,23). The van der Waals surface area contributed by atoms with E-state index in [0.717, 1.165) is 44.0 Å². The number of rotatable bonds is 6. The first-order chi connectivity index (χ1) is 11.7. The molecule has 0 atom stereocenters. The number of benzene rings is 2. The van der Waals surface area contributed by atoms with Gasteiger partial charge >= 0.3 is 0 Å². The van der Waals surface area contributed by atoms with Crippen LogP contribution in [-0.2, 0) is 14.9 Å². The Morgan fingerprint density at radius 1 is 0.958 bits per heavy atom. The van der Waals surface area contributed by atoms with Crippen molar-refractivity contribution >= 4 is 5.91 Å². The van der Waals surface area contributed by atoms with E-state index in [0.29, 0.717) is 6.42 Å². The Morgan fingerprint density at radius 3 is 1.92 bits per heavy atom. The van der Waals surface area contributed by atoms with E-state index in [-0.39, 0.29) is 5.91 Å². The smallest absolute Gasteiger partial charge is 0.232 e. The van der Waals surface area contributed by atoms with E-state index in [2.05, 4.69) is 4.90 Å². The van der Waals surface area contributed by atoms with Crippen LogP contribution in [0.15, 0.2) is 60.7 Å². The van der Waals surface area contributed by atoms with Crippen LogP contribution < -0.4 is 5.73 Å². The lowest BCUT2D eigenvalue weighted by Crippen LogP contribution is -2.46. The lowest BCUT2D eigenvalue weighted by Gasteiger charge is -2.35. The van der Waals surface area contributed by atoms with Gasteiger partial charge in [-0.05, 0) is 17.5 Å². The first-order valence-corrected chi connectivity index (χ1v) is 8.44. The molecule has 1 fully saturated rings. The molecule has 4 nitrogen and oxygen atoms in total. The molecule has 1 saturated heterocycles. The molecular weight excluding hydrogens is 300 g/mol. The summed E-state index contributed by atoms with van der Waals surface area (Å²) in [6.45, 7) is 4.12. The van der Waals surface area contributed by atoms with Crippen molar-refractivity contribution in [2.45, 2.75) is 11.8 Å². The van der Waals surface area contributed by atoms with Crippen molar-refractivity contribution in [3.05, 3.63) is 71.8 Å². The molecule has 1 heterocycles. The largest absolute Gasteiger partial charge is 0.379 e. The molecule has 4 heteroatoms. The van der Waals surface area contributed by atoms with Crippen LogP contribution in [0.4, 0.5) is 0 Å². The molecule has 3 rings (SSSR count). The molecule has 0 bridgehead atoms. The van der Waals surface area contributed by atoms with Gasteiger partial charge in [-0.3, -0.25) is 9.69 Å². The minimum Gasteiger partial charge on any atom is -0.379 e. The van der Waals surface area contributed by atoms with Gasteiger partial charge in [0.25, 0.3) is 0 Å². The average Bonchev–Trinajstić information content (AvgIpc) is 2.65. The maximum atomic E-state index is 12.7. The Kier molecular flexibility index (Phi) is 5.28. The molecule has 0 saturated carbocycles. The van der Waals surface area contributed by atoms with Gasteiger partial charge in [-0.25, -0.2) is 0 Å². The predicted octanol–water partition coefficient (Wildman–Crippen LogP) is 2.18. The fourth-order valence-corrected chi connectivity index (χ4v) is 3.46. The Labute approximate surface area is 143 Å². The third-order valence-corrected chi connectivity index (χ3v) is 4.86. The lowest BCUT2D eigenvalue weighted by atomic mass is 9.71. The van der Waals surface area contributed by atoms with Crippen molar-refractivity contribution in [3.63, 3.8) is 0 Å². The van der Waals surface area contributed by atoms with Crippen LogP contribution in [-0.4, -0.2) is 43.7 Å². The van der Waals surface area contributed by atoms with Crippen LogP contribution in [0.3, 0.4) is 0 Å². The van der Waals surface area contributed by atoms with Crippen LogP contribution in [0.1, 0.15) is 17.5 Å². The summed E-state index contributed by atoms with van der Waals surface area (Å²) in [5, 5.41) is 0. The fraction of sp³-hybridized carbons (Fsp3) is 0.350. The van der Waals surface area contributed by atoms with Gasteiger partial charge in [0.2, 0.25) is 5.91 Å². The number of hydrogen-bond acceptors (Lipinski definition) is 3. The van der Waals surface area contributed by atoms with Crippen molar-refractivity contribution < 1.29 is 9.53 Å². The van der Waals surface area contributed by atoms with E-state index in [4.69, 9.17) is 10.5 Å². The molecule has 1 amide bonds. The van der Waals surface area contributed by atoms with Crippen LogP contribution in [0.5, 0.6) is 0 Å². The fourth-order valence-electron chi connectivity index (χ4n) is 3.46. The zero-order valence-corrected chi connectivity index (χ0v) is 13.9. The number of amides is 1. The second-order valence-corrected chi connectivity index (χ2v) is 6.21. The highest BCUT2D eigenvalue weighted by Crippen LogP contribution is 2.36. The highest BCUT2D eigenvalue weighted by atomic mass is 16.5. The second kappa shape index (κ2) is 7.60. The average molecular weight is 324 g/mol. The van der Waals surface area contributed by atoms with Crippen LogP contribution in [0.2, 0.25) is 0 Å². The number of carbonyl (C=O) groups excluding carboxylic acids is 1. The van der Waals surface area contributed by atoms with Crippen LogP contribution in [0, 0.1) is 0 Å². The van der Waals surface area contributed by atoms with E-state index in [1.54, 1.807) is 0 Å². The van der Waals surface area contributed by atoms with Gasteiger partial charge in [-0.1, -0.05) is 60.7 Å². The maximum absolute atomic E-state index is 12.7. The first-order valence-electron chi connectivity index (χ1n) is 8.44. The molecule has 0 radical (unpaired) electrons. The van der Waals surface area contributed by atoms with Gasteiger partial charge in [0, 0.05) is 19.6 Å². The molecule has 0 aliphatic carbocycles. The Bertz CT molecular complexity index is 612. The van der Waals surface area contributed by atoms with Crippen molar-refractivity contribution in [1.82, 2.24) is 4.90 Å². The summed E-state index contributed by atoms with van der Waals surface area (Å²) < 4.78 is 5.42. The molecule has 1 aliphatic heterocycles. The van der Waals surface area contributed by atoms with E-state index in [9.17, 15) is 4.79 Å².